The third-order valence-corrected chi connectivity index (χ3v) is 4.58. The maximum Gasteiger partial charge on any atom is 0.234 e. The molecular formula is C14H23N3OS. The summed E-state index contributed by atoms with van der Waals surface area (Å²) in [7, 11) is 2.02. The van der Waals surface area contributed by atoms with E-state index in [-0.39, 0.29) is 11.9 Å². The van der Waals surface area contributed by atoms with Gasteiger partial charge in [0.1, 0.15) is 0 Å². The molecule has 0 radical (unpaired) electrons. The molecule has 4 nitrogen and oxygen atoms in total. The fraction of sp³-hybridized carbons (Fsp3) is 0.714. The molecule has 0 unspecified atom stereocenters. The van der Waals surface area contributed by atoms with Gasteiger partial charge in [-0.1, -0.05) is 13.8 Å². The number of amides is 1. The highest BCUT2D eigenvalue weighted by Gasteiger charge is 2.27. The molecule has 1 fully saturated rings. The van der Waals surface area contributed by atoms with Crippen molar-refractivity contribution in [2.24, 2.45) is 0 Å². The van der Waals surface area contributed by atoms with E-state index in [1.165, 1.54) is 12.8 Å². The van der Waals surface area contributed by atoms with E-state index in [1.807, 2.05) is 19.4 Å². The summed E-state index contributed by atoms with van der Waals surface area (Å²) in [5, 5.41) is 6.20. The zero-order valence-electron chi connectivity index (χ0n) is 12.1. The minimum absolute atomic E-state index is 0.0103. The fourth-order valence-electron chi connectivity index (χ4n) is 2.00. The van der Waals surface area contributed by atoms with Gasteiger partial charge in [-0.05, 0) is 26.8 Å². The Morgan fingerprint density at radius 1 is 1.53 bits per heavy atom. The minimum Gasteiger partial charge on any atom is -0.347 e. The van der Waals surface area contributed by atoms with Crippen LogP contribution in [0.3, 0.4) is 0 Å². The van der Waals surface area contributed by atoms with Crippen LogP contribution in [-0.2, 0) is 4.79 Å². The summed E-state index contributed by atoms with van der Waals surface area (Å²) in [6.45, 7) is 6.75. The highest BCUT2D eigenvalue weighted by molar-refractivity contribution is 7.09. The lowest BCUT2D eigenvalue weighted by Crippen LogP contribution is -2.37. The second kappa shape index (κ2) is 6.01. The summed E-state index contributed by atoms with van der Waals surface area (Å²) in [5.74, 6) is 0.531. The maximum absolute atomic E-state index is 11.9. The molecule has 0 bridgehead atoms. The number of hydrogen-bond acceptors (Lipinski definition) is 4. The summed E-state index contributed by atoms with van der Waals surface area (Å²) < 4.78 is 0. The number of nitrogens with one attached hydrogen (secondary N) is 1. The van der Waals surface area contributed by atoms with Gasteiger partial charge in [0.05, 0.1) is 23.3 Å². The minimum atomic E-state index is -0.0103. The van der Waals surface area contributed by atoms with Crippen LogP contribution in [0.5, 0.6) is 0 Å². The lowest BCUT2D eigenvalue weighted by Gasteiger charge is -2.17. The predicted octanol–water partition coefficient (Wildman–Crippen LogP) is 2.54. The fourth-order valence-corrected chi connectivity index (χ4v) is 2.93. The predicted molar refractivity (Wildman–Crippen MR) is 78.4 cm³/mol. The van der Waals surface area contributed by atoms with Gasteiger partial charge in [-0.15, -0.1) is 11.3 Å². The number of carbonyl (C=O) groups excluding carboxylic acids is 1. The van der Waals surface area contributed by atoms with Gasteiger partial charge in [-0.2, -0.15) is 0 Å². The van der Waals surface area contributed by atoms with Crippen LogP contribution in [0.1, 0.15) is 56.3 Å². The van der Waals surface area contributed by atoms with Crippen LogP contribution in [-0.4, -0.2) is 35.4 Å². The Morgan fingerprint density at radius 3 is 2.74 bits per heavy atom. The third-order valence-electron chi connectivity index (χ3n) is 3.42. The topological polar surface area (TPSA) is 45.2 Å². The summed E-state index contributed by atoms with van der Waals surface area (Å²) in [4.78, 5) is 18.6. The summed E-state index contributed by atoms with van der Waals surface area (Å²) in [6.07, 6.45) is 2.45. The van der Waals surface area contributed by atoms with Crippen molar-refractivity contribution in [3.63, 3.8) is 0 Å². The molecule has 2 rings (SSSR count). The molecule has 1 aromatic heterocycles. The Morgan fingerprint density at radius 2 is 2.21 bits per heavy atom. The monoisotopic (exact) mass is 281 g/mol. The molecule has 1 saturated carbocycles. The number of hydrogen-bond donors (Lipinski definition) is 1. The second-order valence-electron chi connectivity index (χ2n) is 5.70. The van der Waals surface area contributed by atoms with Gasteiger partial charge in [0.15, 0.2) is 0 Å². The van der Waals surface area contributed by atoms with Gasteiger partial charge >= 0.3 is 0 Å². The average Bonchev–Trinajstić information content (AvgIpc) is 3.05. The summed E-state index contributed by atoms with van der Waals surface area (Å²) in [5.41, 5.74) is 0.969. The molecule has 1 aromatic rings. The Bertz CT molecular complexity index is 440. The molecule has 0 spiro atoms. The Labute approximate surface area is 119 Å². The molecule has 106 valence electrons. The van der Waals surface area contributed by atoms with E-state index in [9.17, 15) is 4.79 Å². The molecule has 19 heavy (non-hydrogen) atoms. The van der Waals surface area contributed by atoms with E-state index in [1.54, 1.807) is 11.3 Å². The molecule has 1 heterocycles. The molecule has 1 amide bonds. The zero-order valence-corrected chi connectivity index (χ0v) is 13.0. The molecule has 1 N–H and O–H groups in total. The van der Waals surface area contributed by atoms with Crippen molar-refractivity contribution in [2.45, 2.75) is 51.6 Å². The van der Waals surface area contributed by atoms with E-state index in [0.29, 0.717) is 18.5 Å². The Kier molecular flexibility index (Phi) is 4.58. The highest BCUT2D eigenvalue weighted by Crippen LogP contribution is 2.25. The summed E-state index contributed by atoms with van der Waals surface area (Å²) >= 11 is 1.67. The molecule has 0 aliphatic heterocycles. The number of rotatable bonds is 6. The third kappa shape index (κ3) is 4.01. The molecule has 5 heteroatoms. The normalized spacial score (nSPS) is 16.9. The number of carbonyl (C=O) groups is 1. The van der Waals surface area contributed by atoms with Crippen LogP contribution in [0, 0.1) is 0 Å². The quantitative estimate of drug-likeness (QED) is 0.871. The molecule has 1 aliphatic carbocycles. The van der Waals surface area contributed by atoms with Crippen molar-refractivity contribution >= 4 is 17.2 Å². The van der Waals surface area contributed by atoms with Crippen molar-refractivity contribution < 1.29 is 4.79 Å². The first-order chi connectivity index (χ1) is 8.97. The summed E-state index contributed by atoms with van der Waals surface area (Å²) in [6, 6.07) is 0.608. The van der Waals surface area contributed by atoms with E-state index in [4.69, 9.17) is 0 Å². The molecule has 1 atom stereocenters. The van der Waals surface area contributed by atoms with E-state index in [0.717, 1.165) is 10.7 Å². The van der Waals surface area contributed by atoms with Crippen LogP contribution in [0.25, 0.3) is 0 Å². The standard InChI is InChI=1S/C14H23N3OS/c1-9(2)14-16-12(8-19-14)10(3)15-13(18)7-17(4)11-5-6-11/h8-11H,5-7H2,1-4H3,(H,15,18)/t10-/m1/s1. The lowest BCUT2D eigenvalue weighted by atomic mass is 10.2. The Hall–Kier alpha value is -0.940. The molecule has 1 aliphatic rings. The van der Waals surface area contributed by atoms with Crippen molar-refractivity contribution in [3.05, 3.63) is 16.1 Å². The van der Waals surface area contributed by atoms with Crippen molar-refractivity contribution in [2.75, 3.05) is 13.6 Å². The Balaban J connectivity index is 1.84. The van der Waals surface area contributed by atoms with Crippen LogP contribution in [0.2, 0.25) is 0 Å². The van der Waals surface area contributed by atoms with Crippen molar-refractivity contribution in [3.8, 4) is 0 Å². The van der Waals surface area contributed by atoms with Crippen LogP contribution >= 0.6 is 11.3 Å². The largest absolute Gasteiger partial charge is 0.347 e. The smallest absolute Gasteiger partial charge is 0.234 e. The van der Waals surface area contributed by atoms with Gasteiger partial charge < -0.3 is 5.32 Å². The number of nitrogens with zero attached hydrogens (tertiary/aromatic N) is 2. The molecule has 0 aromatic carbocycles. The van der Waals surface area contributed by atoms with Crippen LogP contribution in [0.15, 0.2) is 5.38 Å². The molecule has 0 saturated heterocycles. The first-order valence-corrected chi connectivity index (χ1v) is 7.80. The van der Waals surface area contributed by atoms with Gasteiger partial charge in [0.2, 0.25) is 5.91 Å². The first kappa shape index (κ1) is 14.5. The second-order valence-corrected chi connectivity index (χ2v) is 6.59. The van der Waals surface area contributed by atoms with Crippen molar-refractivity contribution in [1.82, 2.24) is 15.2 Å². The lowest BCUT2D eigenvalue weighted by molar-refractivity contribution is -0.122. The van der Waals surface area contributed by atoms with E-state index in [2.05, 4.69) is 29.0 Å². The maximum atomic E-state index is 11.9. The van der Waals surface area contributed by atoms with Gasteiger partial charge in [-0.25, -0.2) is 4.98 Å². The van der Waals surface area contributed by atoms with Crippen molar-refractivity contribution in [1.29, 1.82) is 0 Å². The SMILES string of the molecule is CC(C)c1nc([C@@H](C)NC(=O)CN(C)C2CC2)cs1. The zero-order chi connectivity index (χ0) is 14.0. The average molecular weight is 281 g/mol. The van der Waals surface area contributed by atoms with Crippen LogP contribution in [0.4, 0.5) is 0 Å². The number of thiazole rings is 1. The molecular weight excluding hydrogens is 258 g/mol. The highest BCUT2D eigenvalue weighted by atomic mass is 32.1. The number of aromatic nitrogens is 1. The van der Waals surface area contributed by atoms with Crippen LogP contribution < -0.4 is 5.32 Å². The van der Waals surface area contributed by atoms with E-state index < -0.39 is 0 Å². The van der Waals surface area contributed by atoms with Gasteiger partial charge in [-0.3, -0.25) is 9.69 Å². The van der Waals surface area contributed by atoms with Gasteiger partial charge in [0, 0.05) is 17.3 Å². The first-order valence-electron chi connectivity index (χ1n) is 6.92. The van der Waals surface area contributed by atoms with Gasteiger partial charge in [0.25, 0.3) is 0 Å². The van der Waals surface area contributed by atoms with E-state index >= 15 is 0 Å². The number of likely N-dealkylation sites (N-methyl/N-ethyl adjacent to an activating group) is 1.